The number of para-hydroxylation sites is 1. The minimum absolute atomic E-state index is 0.382. The third kappa shape index (κ3) is 3.21. The summed E-state index contributed by atoms with van der Waals surface area (Å²) in [5.74, 6) is 0. The van der Waals surface area contributed by atoms with Crippen LogP contribution >= 0.6 is 34.8 Å². The maximum absolute atomic E-state index is 6.21. The van der Waals surface area contributed by atoms with E-state index in [-0.39, 0.29) is 0 Å². The Bertz CT molecular complexity index is 1120. The summed E-state index contributed by atoms with van der Waals surface area (Å²) in [6.45, 7) is 0. The molecule has 1 N–H and O–H groups in total. The minimum atomic E-state index is 0.382. The number of aromatic amines is 1. The lowest BCUT2D eigenvalue weighted by Gasteiger charge is -2.02. The summed E-state index contributed by atoms with van der Waals surface area (Å²) in [6, 6.07) is 21.1. The van der Waals surface area contributed by atoms with Crippen molar-refractivity contribution in [3.05, 3.63) is 81.8 Å². The highest BCUT2D eigenvalue weighted by Crippen LogP contribution is 2.40. The van der Waals surface area contributed by atoms with Crippen molar-refractivity contribution in [2.45, 2.75) is 0 Å². The zero-order chi connectivity index (χ0) is 18.1. The summed E-state index contributed by atoms with van der Waals surface area (Å²) >= 11 is 18.3. The summed E-state index contributed by atoms with van der Waals surface area (Å²) in [7, 11) is 0. The molecule has 0 amide bonds. The molecule has 3 nitrogen and oxygen atoms in total. The second-order valence-electron chi connectivity index (χ2n) is 5.68. The van der Waals surface area contributed by atoms with Gasteiger partial charge in [-0.1, -0.05) is 83.3 Å². The fourth-order valence-electron chi connectivity index (χ4n) is 2.74. The number of nitrogens with zero attached hydrogens (tertiary/aromatic N) is 2. The van der Waals surface area contributed by atoms with Crippen LogP contribution in [0, 0.1) is 0 Å². The van der Waals surface area contributed by atoms with E-state index in [1.807, 2.05) is 54.6 Å². The monoisotopic (exact) mass is 399 g/mol. The maximum atomic E-state index is 6.21. The molecule has 1 heterocycles. The molecule has 6 heteroatoms. The Kier molecular flexibility index (Phi) is 4.68. The number of benzene rings is 3. The van der Waals surface area contributed by atoms with Crippen LogP contribution in [-0.4, -0.2) is 4.98 Å². The highest BCUT2D eigenvalue weighted by atomic mass is 35.5. The lowest BCUT2D eigenvalue weighted by atomic mass is 10.1. The lowest BCUT2D eigenvalue weighted by molar-refractivity contribution is 1.24. The van der Waals surface area contributed by atoms with E-state index in [0.717, 1.165) is 27.8 Å². The molecule has 0 aliphatic rings. The van der Waals surface area contributed by atoms with Crippen LogP contribution in [0.1, 0.15) is 0 Å². The summed E-state index contributed by atoms with van der Waals surface area (Å²) < 4.78 is 0. The molecule has 0 saturated carbocycles. The van der Waals surface area contributed by atoms with E-state index in [0.29, 0.717) is 20.8 Å². The number of halogens is 3. The van der Waals surface area contributed by atoms with Gasteiger partial charge in [0, 0.05) is 16.5 Å². The number of aromatic nitrogens is 1. The summed E-state index contributed by atoms with van der Waals surface area (Å²) in [5.41, 5.74) is 4.12. The van der Waals surface area contributed by atoms with E-state index in [1.54, 1.807) is 12.1 Å². The Morgan fingerprint density at radius 3 is 2.19 bits per heavy atom. The van der Waals surface area contributed by atoms with Crippen molar-refractivity contribution < 1.29 is 0 Å². The molecule has 4 aromatic rings. The molecular formula is C20H12Cl3N3. The molecule has 0 fully saturated rings. The highest BCUT2D eigenvalue weighted by Gasteiger charge is 2.13. The van der Waals surface area contributed by atoms with Crippen molar-refractivity contribution in [1.82, 2.24) is 4.98 Å². The second kappa shape index (κ2) is 7.12. The Morgan fingerprint density at radius 2 is 1.38 bits per heavy atom. The first-order valence-corrected chi connectivity index (χ1v) is 8.99. The predicted molar refractivity (Wildman–Crippen MR) is 109 cm³/mol. The Labute approximate surface area is 165 Å². The van der Waals surface area contributed by atoms with E-state index in [2.05, 4.69) is 15.2 Å². The third-order valence-corrected chi connectivity index (χ3v) is 5.01. The predicted octanol–water partition coefficient (Wildman–Crippen LogP) is 8.21. The van der Waals surface area contributed by atoms with Crippen molar-refractivity contribution >= 4 is 57.1 Å². The highest BCUT2D eigenvalue weighted by molar-refractivity contribution is 6.43. The van der Waals surface area contributed by atoms with Crippen molar-refractivity contribution in [2.75, 3.05) is 0 Å². The van der Waals surface area contributed by atoms with Gasteiger partial charge in [-0.05, 0) is 18.2 Å². The number of azo groups is 1. The normalized spacial score (nSPS) is 11.5. The van der Waals surface area contributed by atoms with Gasteiger partial charge in [0.25, 0.3) is 0 Å². The largest absolute Gasteiger partial charge is 0.353 e. The third-order valence-electron chi connectivity index (χ3n) is 3.99. The van der Waals surface area contributed by atoms with Gasteiger partial charge in [-0.2, -0.15) is 0 Å². The van der Waals surface area contributed by atoms with E-state index in [9.17, 15) is 0 Å². The first kappa shape index (κ1) is 17.1. The SMILES string of the molecule is Clc1cc(Cl)c(N=Nc2c(-c3ccccc3)[nH]c3ccccc23)cc1Cl. The molecule has 0 aliphatic carbocycles. The molecular weight excluding hydrogens is 389 g/mol. The zero-order valence-corrected chi connectivity index (χ0v) is 15.6. The van der Waals surface area contributed by atoms with Gasteiger partial charge in [-0.15, -0.1) is 10.2 Å². The van der Waals surface area contributed by atoms with Crippen molar-refractivity contribution in [2.24, 2.45) is 10.2 Å². The fourth-order valence-corrected chi connectivity index (χ4v) is 3.32. The molecule has 0 saturated heterocycles. The van der Waals surface area contributed by atoms with Gasteiger partial charge in [0.05, 0.1) is 20.8 Å². The van der Waals surface area contributed by atoms with Crippen LogP contribution in [0.2, 0.25) is 15.1 Å². The molecule has 128 valence electrons. The van der Waals surface area contributed by atoms with Gasteiger partial charge < -0.3 is 4.98 Å². The topological polar surface area (TPSA) is 40.5 Å². The molecule has 0 aliphatic heterocycles. The number of fused-ring (bicyclic) bond motifs is 1. The summed E-state index contributed by atoms with van der Waals surface area (Å²) in [6.07, 6.45) is 0. The van der Waals surface area contributed by atoms with Crippen molar-refractivity contribution in [1.29, 1.82) is 0 Å². The minimum Gasteiger partial charge on any atom is -0.353 e. The molecule has 0 radical (unpaired) electrons. The van der Waals surface area contributed by atoms with Gasteiger partial charge in [0.1, 0.15) is 11.4 Å². The standard InChI is InChI=1S/C20H12Cl3N3/c21-14-10-16(23)18(11-15(14)22)25-26-20-13-8-4-5-9-17(13)24-19(20)12-6-2-1-3-7-12/h1-11,24H. The molecule has 0 unspecified atom stereocenters. The summed E-state index contributed by atoms with van der Waals surface area (Å²) in [5, 5.41) is 10.9. The average molecular weight is 401 g/mol. The van der Waals surface area contributed by atoms with E-state index in [4.69, 9.17) is 34.8 Å². The smallest absolute Gasteiger partial charge is 0.119 e. The van der Waals surface area contributed by atoms with E-state index in [1.165, 1.54) is 0 Å². The van der Waals surface area contributed by atoms with E-state index >= 15 is 0 Å². The quantitative estimate of drug-likeness (QED) is 0.266. The van der Waals surface area contributed by atoms with Gasteiger partial charge in [-0.25, -0.2) is 0 Å². The molecule has 26 heavy (non-hydrogen) atoms. The van der Waals surface area contributed by atoms with E-state index < -0.39 is 0 Å². The first-order valence-electron chi connectivity index (χ1n) is 7.86. The first-order chi connectivity index (χ1) is 12.6. The number of hydrogen-bond acceptors (Lipinski definition) is 2. The van der Waals surface area contributed by atoms with Crippen LogP contribution in [0.15, 0.2) is 77.0 Å². The summed E-state index contributed by atoms with van der Waals surface area (Å²) in [4.78, 5) is 3.42. The second-order valence-corrected chi connectivity index (χ2v) is 6.90. The van der Waals surface area contributed by atoms with Gasteiger partial charge in [0.15, 0.2) is 0 Å². The van der Waals surface area contributed by atoms with Crippen LogP contribution in [0.4, 0.5) is 11.4 Å². The molecule has 0 atom stereocenters. The maximum Gasteiger partial charge on any atom is 0.119 e. The van der Waals surface area contributed by atoms with Crippen LogP contribution in [0.25, 0.3) is 22.2 Å². The average Bonchev–Trinajstić information content (AvgIpc) is 3.03. The van der Waals surface area contributed by atoms with Crippen molar-refractivity contribution in [3.8, 4) is 11.3 Å². The molecule has 0 bridgehead atoms. The Balaban J connectivity index is 1.87. The number of nitrogens with one attached hydrogen (secondary N) is 1. The van der Waals surface area contributed by atoms with Gasteiger partial charge in [-0.3, -0.25) is 0 Å². The van der Waals surface area contributed by atoms with Crippen molar-refractivity contribution in [3.63, 3.8) is 0 Å². The molecule has 1 aromatic heterocycles. The molecule has 4 rings (SSSR count). The van der Waals surface area contributed by atoms with Crippen LogP contribution in [0.3, 0.4) is 0 Å². The number of H-pyrrole nitrogens is 1. The number of hydrogen-bond donors (Lipinski definition) is 1. The fraction of sp³-hybridized carbons (Fsp3) is 0. The van der Waals surface area contributed by atoms with Crippen LogP contribution < -0.4 is 0 Å². The lowest BCUT2D eigenvalue weighted by Crippen LogP contribution is -1.77. The number of rotatable bonds is 3. The Morgan fingerprint density at radius 1 is 0.692 bits per heavy atom. The Hall–Kier alpha value is -2.33. The van der Waals surface area contributed by atoms with Crippen LogP contribution in [0.5, 0.6) is 0 Å². The molecule has 0 spiro atoms. The molecule has 3 aromatic carbocycles. The van der Waals surface area contributed by atoms with Gasteiger partial charge in [0.2, 0.25) is 0 Å². The van der Waals surface area contributed by atoms with Gasteiger partial charge >= 0.3 is 0 Å². The zero-order valence-electron chi connectivity index (χ0n) is 13.4. The van der Waals surface area contributed by atoms with Crippen LogP contribution in [-0.2, 0) is 0 Å².